The Morgan fingerprint density at radius 2 is 1.57 bits per heavy atom. The number of aromatic hydroxyl groups is 1. The first-order chi connectivity index (χ1) is 49.9. The number of nitrogens with one attached hydrogen (secondary N) is 5. The zero-order valence-electron chi connectivity index (χ0n) is 61.0. The maximum absolute atomic E-state index is 15.0. The summed E-state index contributed by atoms with van der Waals surface area (Å²) in [5, 5.41) is 37.2. The monoisotopic (exact) mass is 1450 g/mol. The van der Waals surface area contributed by atoms with Crippen LogP contribution in [0.4, 0.5) is 26.7 Å². The number of carbonyl (C=O) groups is 10. The minimum Gasteiger partial charge on any atom is -0.505 e. The molecule has 9 rings (SSSR count). The van der Waals surface area contributed by atoms with Crippen LogP contribution in [0.2, 0.25) is 0 Å². The van der Waals surface area contributed by atoms with Crippen LogP contribution in [0.15, 0.2) is 100.0 Å². The molecule has 1 unspecified atom stereocenters. The average Bonchev–Trinajstić information content (AvgIpc) is 1.65. The first-order valence-electron chi connectivity index (χ1n) is 35.4. The van der Waals surface area contributed by atoms with Gasteiger partial charge in [0.2, 0.25) is 17.7 Å². The van der Waals surface area contributed by atoms with Gasteiger partial charge in [-0.2, -0.15) is 0 Å². The van der Waals surface area contributed by atoms with Crippen LogP contribution < -0.4 is 47.4 Å². The molecule has 4 aliphatic rings. The molecule has 4 bridgehead atoms. The highest BCUT2D eigenvalue weighted by Gasteiger charge is 2.50. The Morgan fingerprint density at radius 3 is 2.24 bits per heavy atom. The number of nitrogens with two attached hydrogens (primary N) is 1. The number of Topliss-reactive ketones (excluding diaryl/α,β-unsaturated/α-hetero) is 1. The number of aliphatic hydroxyl groups excluding tert-OH is 1. The number of phenolic OH excluding ortho intramolecular Hbond substituents is 1. The molecule has 0 radical (unpaired) electrons. The summed E-state index contributed by atoms with van der Waals surface area (Å²) in [6, 6.07) is 8.87. The van der Waals surface area contributed by atoms with E-state index in [1.54, 1.807) is 94.1 Å². The number of imide groups is 1. The van der Waals surface area contributed by atoms with Gasteiger partial charge in [-0.3, -0.25) is 48.1 Å². The number of rotatable bonds is 21. The zero-order valence-corrected chi connectivity index (χ0v) is 61.0. The fourth-order valence-electron chi connectivity index (χ4n) is 13.6. The van der Waals surface area contributed by atoms with Crippen molar-refractivity contribution in [3.05, 3.63) is 118 Å². The van der Waals surface area contributed by atoms with Crippen LogP contribution in [0.25, 0.3) is 33.0 Å². The van der Waals surface area contributed by atoms with Gasteiger partial charge in [0, 0.05) is 125 Å². The van der Waals surface area contributed by atoms with Crippen molar-refractivity contribution in [2.24, 2.45) is 35.3 Å². The van der Waals surface area contributed by atoms with Crippen LogP contribution in [-0.4, -0.2) is 167 Å². The van der Waals surface area contributed by atoms with Crippen molar-refractivity contribution in [1.29, 1.82) is 0 Å². The van der Waals surface area contributed by atoms with Gasteiger partial charge in [0.15, 0.2) is 22.3 Å². The molecule has 9 N–H and O–H groups in total. The van der Waals surface area contributed by atoms with Crippen molar-refractivity contribution in [3.63, 3.8) is 0 Å². The summed E-state index contributed by atoms with van der Waals surface area (Å²) in [4.78, 5) is 156. The van der Waals surface area contributed by atoms with Crippen LogP contribution in [0.5, 0.6) is 11.5 Å². The average molecular weight is 1450 g/mol. The van der Waals surface area contributed by atoms with E-state index in [1.165, 1.54) is 52.4 Å². The molecule has 1 saturated heterocycles. The van der Waals surface area contributed by atoms with Crippen LogP contribution >= 0.6 is 0 Å². The molecule has 105 heavy (non-hydrogen) atoms. The second-order valence-electron chi connectivity index (χ2n) is 27.8. The topological polar surface area (TPSA) is 396 Å². The SMILES string of the molecule is CO[C@H]1/C=C/O[C@@]2(C)Oc3c(C)c(=O)c4c(O)c(c5oc6cc(N7CCN(C(=O)OCc8ccc(NC(=O)[C@H](CCCNC(N)=O)NC(=O)C(NC(=O)CCCCCN9C(=O)C=CC9=O)C(C)C)cc8)CC7)ccc6nc5c4c3C2=O)NC(=O)/C(C)=C\C=C\[C@H](C)C[C@@H](C)[C@@H](O)[C@@H](C)[C@H](OC(C)=O)[C@@H]1C. The Bertz CT molecular complexity index is 4350. The normalized spacial score (nSPS) is 23.3. The first kappa shape index (κ1) is 78.5. The quantitative estimate of drug-likeness (QED) is 0.00861. The number of fused-ring (bicyclic) bond motifs is 2. The standard InChI is InChI=1S/C76H94N10O19/c1-40(2)61(82-55(88)20-13-12-14-31-86-56(89)27-28-57(86)90)73(97)81-52(19-16-30-78-74(77)98)72(96)79-49-23-21-48(22-24-49)39-101-75(99)85-34-32-84(33-35-85)50-25-26-51-54(38-50)104-69-62(80-51)58-59-65(92)46(8)68-60(58)70(94)76(10,105-68)102-36-29-53(100-11)44(6)67(103-47(9)87)45(7)64(91)43(5)37-41(3)17-15-18-42(4)71(95)83-63(69)66(59)93/h15,17-18,21-29,36,38,40-41,43-45,52-53,61,64,67,91,93H,12-14,16,19-20,30-35,37,39H2,1-11H3,(H,79,96)(H,81,97)(H,82,88)(H,83,95)(H3,77,78,98)/b17-15+,36-29+,42-18-/t41-,43+,44+,45+,52-,53-,61?,64+,67+,76-/m0/s1. The van der Waals surface area contributed by atoms with Crippen molar-refractivity contribution in [2.45, 2.75) is 157 Å². The number of hydrogen-bond acceptors (Lipinski definition) is 21. The molecule has 5 aromatic rings. The van der Waals surface area contributed by atoms with E-state index in [9.17, 15) is 58.2 Å². The van der Waals surface area contributed by atoms with Gasteiger partial charge in [0.05, 0.1) is 29.4 Å². The van der Waals surface area contributed by atoms with E-state index in [4.69, 9.17) is 38.8 Å². The number of unbranched alkanes of at least 4 members (excludes halogenated alkanes) is 2. The Labute approximate surface area is 607 Å². The maximum Gasteiger partial charge on any atom is 0.410 e. The van der Waals surface area contributed by atoms with Gasteiger partial charge < -0.3 is 80.4 Å². The third-order valence-electron chi connectivity index (χ3n) is 19.6. The number of ether oxygens (including phenoxy) is 5. The van der Waals surface area contributed by atoms with E-state index in [2.05, 4.69) is 26.6 Å². The first-order valence-corrected chi connectivity index (χ1v) is 35.4. The lowest BCUT2D eigenvalue weighted by atomic mass is 9.79. The second kappa shape index (κ2) is 34.3. The number of urea groups is 1. The van der Waals surface area contributed by atoms with Crippen LogP contribution in [0.1, 0.15) is 129 Å². The van der Waals surface area contributed by atoms with Gasteiger partial charge in [-0.05, 0) is 99.6 Å². The summed E-state index contributed by atoms with van der Waals surface area (Å²) < 4.78 is 36.6. The van der Waals surface area contributed by atoms with Gasteiger partial charge in [-0.15, -0.1) is 0 Å². The maximum atomic E-state index is 15.0. The molecule has 1 fully saturated rings. The number of ketones is 1. The highest BCUT2D eigenvalue weighted by molar-refractivity contribution is 6.26. The van der Waals surface area contributed by atoms with Crippen molar-refractivity contribution in [3.8, 4) is 11.5 Å². The number of phenols is 1. The number of esters is 1. The van der Waals surface area contributed by atoms with Crippen LogP contribution in [0.3, 0.4) is 0 Å². The summed E-state index contributed by atoms with van der Waals surface area (Å²) in [7, 11) is 1.46. The number of anilines is 3. The Kier molecular flexibility index (Phi) is 25.6. The predicted octanol–water partition coefficient (Wildman–Crippen LogP) is 7.98. The number of aliphatic hydroxyl groups is 1. The van der Waals surface area contributed by atoms with Gasteiger partial charge in [0.25, 0.3) is 23.5 Å². The lowest BCUT2D eigenvalue weighted by molar-refractivity contribution is -0.159. The van der Waals surface area contributed by atoms with Gasteiger partial charge >= 0.3 is 23.9 Å². The number of amides is 9. The number of carbonyl (C=O) groups excluding carboxylic acids is 10. The number of aromatic nitrogens is 1. The van der Waals surface area contributed by atoms with E-state index < -0.39 is 101 Å². The van der Waals surface area contributed by atoms with E-state index in [1.807, 2.05) is 24.8 Å². The molecule has 4 aliphatic heterocycles. The molecule has 5 heterocycles. The molecule has 10 atom stereocenters. The van der Waals surface area contributed by atoms with Crippen molar-refractivity contribution in [2.75, 3.05) is 61.9 Å². The molecule has 562 valence electrons. The summed E-state index contributed by atoms with van der Waals surface area (Å²) >= 11 is 0. The van der Waals surface area contributed by atoms with Crippen LogP contribution in [0, 0.1) is 36.5 Å². The van der Waals surface area contributed by atoms with Crippen LogP contribution in [-0.2, 0) is 59.1 Å². The molecule has 9 amide bonds. The minimum absolute atomic E-state index is 0.0452. The number of allylic oxidation sites excluding steroid dienone is 3. The molecular formula is C76H94N10O19. The van der Waals surface area contributed by atoms with E-state index >= 15 is 4.79 Å². The van der Waals surface area contributed by atoms with Crippen molar-refractivity contribution < 1.29 is 86.3 Å². The fourth-order valence-corrected chi connectivity index (χ4v) is 13.6. The third-order valence-corrected chi connectivity index (χ3v) is 19.6. The smallest absolute Gasteiger partial charge is 0.410 e. The highest BCUT2D eigenvalue weighted by atomic mass is 16.7. The number of nitrogens with zero attached hydrogens (tertiary/aromatic N) is 4. The molecule has 29 heteroatoms. The van der Waals surface area contributed by atoms with Gasteiger partial charge in [-0.25, -0.2) is 14.6 Å². The van der Waals surface area contributed by atoms with Crippen molar-refractivity contribution in [1.82, 2.24) is 30.7 Å². The lowest BCUT2D eigenvalue weighted by Gasteiger charge is -2.36. The summed E-state index contributed by atoms with van der Waals surface area (Å²) in [5.74, 6) is -9.09. The molecule has 0 spiro atoms. The molecule has 29 nitrogen and oxygen atoms in total. The Hall–Kier alpha value is -10.7. The number of hydrogen-bond donors (Lipinski definition) is 8. The van der Waals surface area contributed by atoms with Crippen molar-refractivity contribution >= 4 is 109 Å². The fraction of sp³-hybridized carbons (Fsp3) is 0.474. The molecule has 4 aromatic carbocycles. The highest BCUT2D eigenvalue weighted by Crippen LogP contribution is 2.49. The van der Waals surface area contributed by atoms with Gasteiger partial charge in [-0.1, -0.05) is 78.3 Å². The van der Waals surface area contributed by atoms with E-state index in [-0.39, 0.29) is 149 Å². The Morgan fingerprint density at radius 1 is 0.867 bits per heavy atom. The zero-order chi connectivity index (χ0) is 76.3. The number of methoxy groups -OCH3 is 1. The molecule has 0 aliphatic carbocycles. The largest absolute Gasteiger partial charge is 0.505 e. The molecular weight excluding hydrogens is 1360 g/mol. The Balaban J connectivity index is 0.885. The minimum atomic E-state index is -2.10. The number of piperazine rings is 1. The summed E-state index contributed by atoms with van der Waals surface area (Å²) in [6.45, 7) is 18.1. The third kappa shape index (κ3) is 18.5. The summed E-state index contributed by atoms with van der Waals surface area (Å²) in [5.41, 5.74) is 6.06. The van der Waals surface area contributed by atoms with E-state index in [0.717, 1.165) is 4.90 Å². The second-order valence-corrected chi connectivity index (χ2v) is 27.8. The van der Waals surface area contributed by atoms with E-state index in [0.29, 0.717) is 55.7 Å². The van der Waals surface area contributed by atoms with Gasteiger partial charge in [0.1, 0.15) is 47.3 Å². The number of primary amides is 1. The number of benzene rings is 4. The lowest BCUT2D eigenvalue weighted by Crippen LogP contribution is -2.54. The predicted molar refractivity (Wildman–Crippen MR) is 389 cm³/mol. The molecule has 1 aromatic heterocycles. The summed E-state index contributed by atoms with van der Waals surface area (Å²) in [6.07, 6.45) is 9.69. The molecule has 0 saturated carbocycles.